The van der Waals surface area contributed by atoms with Crippen molar-refractivity contribution in [2.45, 2.75) is 38.3 Å². The maximum Gasteiger partial charge on any atom is 0.251 e. The van der Waals surface area contributed by atoms with E-state index in [0.29, 0.717) is 24.6 Å². The van der Waals surface area contributed by atoms with Gasteiger partial charge in [-0.25, -0.2) is 0 Å². The first-order valence-electron chi connectivity index (χ1n) is 6.90. The van der Waals surface area contributed by atoms with E-state index in [1.165, 1.54) is 0 Å². The Balaban J connectivity index is 1.61. The number of carbonyl (C=O) groups is 2. The zero-order valence-corrected chi connectivity index (χ0v) is 10.9. The van der Waals surface area contributed by atoms with E-state index in [1.807, 2.05) is 29.2 Å². The van der Waals surface area contributed by atoms with E-state index in [0.717, 1.165) is 31.4 Å². The van der Waals surface area contributed by atoms with Crippen molar-refractivity contribution in [1.82, 2.24) is 10.2 Å². The van der Waals surface area contributed by atoms with Crippen LogP contribution < -0.4 is 5.32 Å². The zero-order valence-electron chi connectivity index (χ0n) is 10.9. The second-order valence-electron chi connectivity index (χ2n) is 5.36. The van der Waals surface area contributed by atoms with Crippen molar-refractivity contribution in [3.05, 3.63) is 35.4 Å². The third-order valence-electron chi connectivity index (χ3n) is 3.67. The fraction of sp³-hybridized carbons (Fsp3) is 0.467. The quantitative estimate of drug-likeness (QED) is 0.893. The number of amides is 2. The van der Waals surface area contributed by atoms with Gasteiger partial charge in [-0.1, -0.05) is 12.1 Å². The number of rotatable bonds is 4. The van der Waals surface area contributed by atoms with Crippen LogP contribution in [0.5, 0.6) is 0 Å². The van der Waals surface area contributed by atoms with E-state index < -0.39 is 0 Å². The van der Waals surface area contributed by atoms with E-state index in [-0.39, 0.29) is 11.8 Å². The Morgan fingerprint density at radius 3 is 2.58 bits per heavy atom. The molecule has 4 nitrogen and oxygen atoms in total. The molecule has 1 saturated heterocycles. The average molecular weight is 258 g/mol. The van der Waals surface area contributed by atoms with Crippen LogP contribution in [0.3, 0.4) is 0 Å². The molecule has 0 bridgehead atoms. The van der Waals surface area contributed by atoms with E-state index >= 15 is 0 Å². The maximum absolute atomic E-state index is 11.8. The Morgan fingerprint density at radius 2 is 2.00 bits per heavy atom. The fourth-order valence-electron chi connectivity index (χ4n) is 2.35. The molecular weight excluding hydrogens is 240 g/mol. The monoisotopic (exact) mass is 258 g/mol. The lowest BCUT2D eigenvalue weighted by molar-refractivity contribution is -0.128. The summed E-state index contributed by atoms with van der Waals surface area (Å²) in [6.07, 6.45) is 3.82. The lowest BCUT2D eigenvalue weighted by atomic mass is 10.1. The lowest BCUT2D eigenvalue weighted by Gasteiger charge is -2.15. The second kappa shape index (κ2) is 5.03. The van der Waals surface area contributed by atoms with Gasteiger partial charge in [-0.3, -0.25) is 9.59 Å². The molecule has 1 aliphatic heterocycles. The minimum atomic E-state index is 0.00583. The molecule has 2 fully saturated rings. The predicted molar refractivity (Wildman–Crippen MR) is 71.6 cm³/mol. The first-order chi connectivity index (χ1) is 9.22. The summed E-state index contributed by atoms with van der Waals surface area (Å²) < 4.78 is 0. The molecule has 0 atom stereocenters. The first-order valence-corrected chi connectivity index (χ1v) is 6.90. The molecule has 0 radical (unpaired) electrons. The summed E-state index contributed by atoms with van der Waals surface area (Å²) in [6, 6.07) is 7.94. The van der Waals surface area contributed by atoms with Gasteiger partial charge in [0.1, 0.15) is 0 Å². The summed E-state index contributed by atoms with van der Waals surface area (Å²) in [7, 11) is 0. The highest BCUT2D eigenvalue weighted by molar-refractivity contribution is 5.94. The molecule has 0 unspecified atom stereocenters. The molecule has 1 N–H and O–H groups in total. The summed E-state index contributed by atoms with van der Waals surface area (Å²) >= 11 is 0. The molecule has 1 aromatic rings. The molecule has 1 heterocycles. The van der Waals surface area contributed by atoms with Gasteiger partial charge in [-0.15, -0.1) is 0 Å². The number of hydrogen-bond acceptors (Lipinski definition) is 2. The normalized spacial score (nSPS) is 18.7. The van der Waals surface area contributed by atoms with Crippen molar-refractivity contribution in [3.63, 3.8) is 0 Å². The average Bonchev–Trinajstić information content (AvgIpc) is 3.14. The van der Waals surface area contributed by atoms with Crippen LogP contribution in [0.2, 0.25) is 0 Å². The molecule has 1 aromatic carbocycles. The topological polar surface area (TPSA) is 49.4 Å². The molecule has 1 aliphatic carbocycles. The number of nitrogens with one attached hydrogen (secondary N) is 1. The van der Waals surface area contributed by atoms with Crippen molar-refractivity contribution in [2.24, 2.45) is 0 Å². The predicted octanol–water partition coefficient (Wildman–Crippen LogP) is 1.70. The minimum absolute atomic E-state index is 0.00583. The summed E-state index contributed by atoms with van der Waals surface area (Å²) in [5.41, 5.74) is 1.78. The smallest absolute Gasteiger partial charge is 0.251 e. The highest BCUT2D eigenvalue weighted by atomic mass is 16.2. The van der Waals surface area contributed by atoms with Crippen LogP contribution in [0, 0.1) is 0 Å². The van der Waals surface area contributed by atoms with E-state index in [2.05, 4.69) is 5.32 Å². The summed E-state index contributed by atoms with van der Waals surface area (Å²) in [5, 5.41) is 2.97. The standard InChI is InChI=1S/C15H18N2O2/c18-14-2-1-9-17(14)10-11-3-5-12(6-4-11)15(19)16-13-7-8-13/h3-6,13H,1-2,7-10H2,(H,16,19). The van der Waals surface area contributed by atoms with Gasteiger partial charge < -0.3 is 10.2 Å². The Kier molecular flexibility index (Phi) is 3.23. The Hall–Kier alpha value is -1.84. The van der Waals surface area contributed by atoms with Crippen molar-refractivity contribution in [2.75, 3.05) is 6.54 Å². The maximum atomic E-state index is 11.8. The fourth-order valence-corrected chi connectivity index (χ4v) is 2.35. The Labute approximate surface area is 112 Å². The van der Waals surface area contributed by atoms with Gasteiger partial charge in [-0.2, -0.15) is 0 Å². The number of likely N-dealkylation sites (tertiary alicyclic amines) is 1. The van der Waals surface area contributed by atoms with E-state index in [4.69, 9.17) is 0 Å². The van der Waals surface area contributed by atoms with Gasteiger partial charge in [0.2, 0.25) is 5.91 Å². The largest absolute Gasteiger partial charge is 0.349 e. The van der Waals surface area contributed by atoms with Crippen LogP contribution in [0.1, 0.15) is 41.6 Å². The molecular formula is C15H18N2O2. The molecule has 0 aromatic heterocycles. The molecule has 19 heavy (non-hydrogen) atoms. The first kappa shape index (κ1) is 12.2. The molecule has 3 rings (SSSR count). The van der Waals surface area contributed by atoms with Crippen molar-refractivity contribution >= 4 is 11.8 Å². The minimum Gasteiger partial charge on any atom is -0.349 e. The highest BCUT2D eigenvalue weighted by Gasteiger charge is 2.24. The number of carbonyl (C=O) groups excluding carboxylic acids is 2. The molecule has 2 amide bonds. The van der Waals surface area contributed by atoms with E-state index in [9.17, 15) is 9.59 Å². The third-order valence-corrected chi connectivity index (χ3v) is 3.67. The third kappa shape index (κ3) is 2.95. The molecule has 1 saturated carbocycles. The summed E-state index contributed by atoms with van der Waals surface area (Å²) in [5.74, 6) is 0.238. The van der Waals surface area contributed by atoms with Crippen LogP contribution in [0.25, 0.3) is 0 Å². The number of nitrogens with zero attached hydrogens (tertiary/aromatic N) is 1. The van der Waals surface area contributed by atoms with Gasteiger partial charge in [0.25, 0.3) is 5.91 Å². The van der Waals surface area contributed by atoms with Crippen molar-refractivity contribution in [3.8, 4) is 0 Å². The van der Waals surface area contributed by atoms with Gasteiger partial charge in [0, 0.05) is 31.1 Å². The molecule has 4 heteroatoms. The molecule has 100 valence electrons. The van der Waals surface area contributed by atoms with Crippen LogP contribution in [0.4, 0.5) is 0 Å². The van der Waals surface area contributed by atoms with Crippen LogP contribution in [0.15, 0.2) is 24.3 Å². The van der Waals surface area contributed by atoms with E-state index in [1.54, 1.807) is 0 Å². The lowest BCUT2D eigenvalue weighted by Crippen LogP contribution is -2.25. The van der Waals surface area contributed by atoms with Gasteiger partial charge in [-0.05, 0) is 37.0 Å². The Bertz CT molecular complexity index is 491. The van der Waals surface area contributed by atoms with Crippen LogP contribution >= 0.6 is 0 Å². The van der Waals surface area contributed by atoms with Crippen molar-refractivity contribution < 1.29 is 9.59 Å². The van der Waals surface area contributed by atoms with Gasteiger partial charge in [0.05, 0.1) is 0 Å². The van der Waals surface area contributed by atoms with Crippen molar-refractivity contribution in [1.29, 1.82) is 0 Å². The zero-order chi connectivity index (χ0) is 13.2. The summed E-state index contributed by atoms with van der Waals surface area (Å²) in [6.45, 7) is 1.51. The highest BCUT2D eigenvalue weighted by Crippen LogP contribution is 2.19. The number of hydrogen-bond donors (Lipinski definition) is 1. The van der Waals surface area contributed by atoms with Gasteiger partial charge >= 0.3 is 0 Å². The Morgan fingerprint density at radius 1 is 1.26 bits per heavy atom. The second-order valence-corrected chi connectivity index (χ2v) is 5.36. The SMILES string of the molecule is O=C(NC1CC1)c1ccc(CN2CCCC2=O)cc1. The van der Waals surface area contributed by atoms with Gasteiger partial charge in [0.15, 0.2) is 0 Å². The summed E-state index contributed by atoms with van der Waals surface area (Å²) in [4.78, 5) is 25.2. The number of benzene rings is 1. The molecule has 2 aliphatic rings. The van der Waals surface area contributed by atoms with Crippen LogP contribution in [-0.2, 0) is 11.3 Å². The van der Waals surface area contributed by atoms with Crippen LogP contribution in [-0.4, -0.2) is 29.3 Å². The molecule has 0 spiro atoms.